The molecular weight excluding hydrogens is 290 g/mol. The first-order chi connectivity index (χ1) is 10.6. The minimum atomic E-state index is -1.01. The Hall–Kier alpha value is -2.74. The van der Waals surface area contributed by atoms with Crippen molar-refractivity contribution in [2.45, 2.75) is 18.9 Å². The first kappa shape index (κ1) is 15.6. The van der Waals surface area contributed by atoms with Crippen molar-refractivity contribution in [2.24, 2.45) is 5.73 Å². The zero-order chi connectivity index (χ0) is 16.3. The largest absolute Gasteiger partial charge is 0.423 e. The van der Waals surface area contributed by atoms with Crippen LogP contribution in [-0.2, 0) is 9.59 Å². The van der Waals surface area contributed by atoms with Gasteiger partial charge in [-0.1, -0.05) is 12.1 Å². The molecule has 8 heteroatoms. The Kier molecular flexibility index (Phi) is 4.52. The molecule has 3 rings (SSSR count). The number of amides is 2. The summed E-state index contributed by atoms with van der Waals surface area (Å²) in [5.41, 5.74) is 4.08. The third kappa shape index (κ3) is 2.68. The van der Waals surface area contributed by atoms with Crippen LogP contribution in [0.15, 0.2) is 38.3 Å². The first-order valence-corrected chi connectivity index (χ1v) is 6.64. The molecule has 2 amide bonds. The number of aromatic nitrogens is 1. The number of benzene rings is 1. The molecule has 1 saturated heterocycles. The number of nitrogens with zero attached hydrogens (tertiary/aromatic N) is 1. The maximum atomic E-state index is 12.3. The molecule has 22 heavy (non-hydrogen) atoms. The van der Waals surface area contributed by atoms with Crippen molar-refractivity contribution in [3.8, 4) is 0 Å². The number of imide groups is 1. The number of para-hydroxylation sites is 1. The topological polar surface area (TPSA) is 124 Å². The predicted molar refractivity (Wildman–Crippen MR) is 78.3 cm³/mol. The highest BCUT2D eigenvalue weighted by Crippen LogP contribution is 2.16. The van der Waals surface area contributed by atoms with Crippen LogP contribution in [0.3, 0.4) is 0 Å². The highest BCUT2D eigenvalue weighted by Gasteiger charge is 2.31. The van der Waals surface area contributed by atoms with Gasteiger partial charge in [0, 0.05) is 6.42 Å². The number of hydrogen-bond acceptors (Lipinski definition) is 6. The monoisotopic (exact) mass is 305 g/mol. The first-order valence-electron chi connectivity index (χ1n) is 6.64. The van der Waals surface area contributed by atoms with Crippen LogP contribution in [0.25, 0.3) is 11.0 Å². The van der Waals surface area contributed by atoms with Gasteiger partial charge in [0.15, 0.2) is 0 Å². The van der Waals surface area contributed by atoms with Gasteiger partial charge < -0.3 is 10.2 Å². The van der Waals surface area contributed by atoms with Crippen LogP contribution in [0, 0.1) is 0 Å². The Balaban J connectivity index is 0.000000847. The van der Waals surface area contributed by atoms with Gasteiger partial charge in [0.2, 0.25) is 11.8 Å². The molecule has 2 heterocycles. The summed E-state index contributed by atoms with van der Waals surface area (Å²) in [6, 6.07) is 5.29. The third-order valence-electron chi connectivity index (χ3n) is 3.25. The van der Waals surface area contributed by atoms with E-state index in [2.05, 4.69) is 11.1 Å². The smallest absolute Gasteiger partial charge is 0.409 e. The van der Waals surface area contributed by atoms with Crippen molar-refractivity contribution < 1.29 is 14.0 Å². The van der Waals surface area contributed by atoms with E-state index in [4.69, 9.17) is 4.42 Å². The lowest BCUT2D eigenvalue weighted by Gasteiger charge is -2.21. The average Bonchev–Trinajstić information content (AvgIpc) is 2.51. The molecule has 2 aromatic rings. The molecule has 1 aromatic carbocycles. The summed E-state index contributed by atoms with van der Waals surface area (Å²) in [6.07, 6.45) is 0.183. The fourth-order valence-electron chi connectivity index (χ4n) is 2.29. The van der Waals surface area contributed by atoms with Crippen LogP contribution in [0.4, 0.5) is 0 Å². The maximum absolute atomic E-state index is 12.3. The van der Waals surface area contributed by atoms with E-state index in [1.165, 1.54) is 19.2 Å². The molecule has 1 unspecified atom stereocenters. The summed E-state index contributed by atoms with van der Waals surface area (Å²) in [7, 11) is 1.50. The average molecular weight is 305 g/mol. The summed E-state index contributed by atoms with van der Waals surface area (Å²) in [5, 5.41) is 2.33. The molecule has 0 saturated carbocycles. The van der Waals surface area contributed by atoms with Gasteiger partial charge in [-0.25, -0.2) is 9.36 Å². The van der Waals surface area contributed by atoms with Crippen molar-refractivity contribution in [1.82, 2.24) is 9.88 Å². The number of nitrogens with two attached hydrogens (primary N) is 1. The van der Waals surface area contributed by atoms with E-state index < -0.39 is 29.2 Å². The minimum absolute atomic E-state index is 0.0785. The Morgan fingerprint density at radius 3 is 2.55 bits per heavy atom. The molecule has 1 aromatic heterocycles. The molecule has 0 radical (unpaired) electrons. The summed E-state index contributed by atoms with van der Waals surface area (Å²) in [5.74, 6) is -1.97. The van der Waals surface area contributed by atoms with Crippen molar-refractivity contribution in [1.29, 1.82) is 0 Å². The number of nitrogens with one attached hydrogen (secondary N) is 1. The second-order valence-electron chi connectivity index (χ2n) is 4.51. The van der Waals surface area contributed by atoms with E-state index in [1.807, 2.05) is 0 Å². The number of piperidine rings is 1. The van der Waals surface area contributed by atoms with Gasteiger partial charge in [-0.05, 0) is 25.6 Å². The van der Waals surface area contributed by atoms with Crippen molar-refractivity contribution in [2.75, 3.05) is 7.05 Å². The lowest BCUT2D eigenvalue weighted by molar-refractivity contribution is -0.136. The number of hydrogen-bond donors (Lipinski definition) is 2. The summed E-state index contributed by atoms with van der Waals surface area (Å²) < 4.78 is 5.81. The third-order valence-corrected chi connectivity index (χ3v) is 3.25. The van der Waals surface area contributed by atoms with Crippen LogP contribution in [0.1, 0.15) is 18.9 Å². The van der Waals surface area contributed by atoms with E-state index in [9.17, 15) is 19.2 Å². The zero-order valence-electron chi connectivity index (χ0n) is 11.9. The maximum Gasteiger partial charge on any atom is 0.423 e. The Bertz CT molecular complexity index is 836. The van der Waals surface area contributed by atoms with Gasteiger partial charge in [-0.3, -0.25) is 19.7 Å². The Morgan fingerprint density at radius 1 is 1.18 bits per heavy atom. The lowest BCUT2D eigenvalue weighted by Crippen LogP contribution is -2.48. The number of carbonyl (C=O) groups excluding carboxylic acids is 2. The van der Waals surface area contributed by atoms with E-state index >= 15 is 0 Å². The minimum Gasteiger partial charge on any atom is -0.409 e. The quantitative estimate of drug-likeness (QED) is 0.685. The van der Waals surface area contributed by atoms with Gasteiger partial charge >= 0.3 is 5.76 Å². The molecule has 3 N–H and O–H groups in total. The number of carbonyl (C=O) groups is 2. The molecule has 1 fully saturated rings. The van der Waals surface area contributed by atoms with E-state index in [1.54, 1.807) is 12.1 Å². The summed E-state index contributed by atoms with van der Waals surface area (Å²) in [4.78, 5) is 47.1. The Morgan fingerprint density at radius 2 is 1.86 bits per heavy atom. The molecule has 0 aliphatic carbocycles. The molecule has 1 aliphatic rings. The molecule has 1 aliphatic heterocycles. The van der Waals surface area contributed by atoms with Crippen molar-refractivity contribution >= 4 is 22.8 Å². The molecule has 8 nitrogen and oxygen atoms in total. The van der Waals surface area contributed by atoms with Crippen LogP contribution < -0.4 is 22.4 Å². The van der Waals surface area contributed by atoms with Crippen LogP contribution in [0.5, 0.6) is 0 Å². The standard InChI is InChI=1S/C13H10N2O5.CH5N/c16-10-6-5-8(11(17)14-10)15-12(18)7-3-1-2-4-9(7)20-13(15)19;1-2/h1-4,8H,5-6H2,(H,14,16,17);2H2,1H3. The van der Waals surface area contributed by atoms with Crippen molar-refractivity contribution in [3.05, 3.63) is 45.2 Å². The second-order valence-corrected chi connectivity index (χ2v) is 4.51. The van der Waals surface area contributed by atoms with Crippen LogP contribution >= 0.6 is 0 Å². The fourth-order valence-corrected chi connectivity index (χ4v) is 2.29. The van der Waals surface area contributed by atoms with Gasteiger partial charge in [0.25, 0.3) is 5.56 Å². The highest BCUT2D eigenvalue weighted by atomic mass is 16.4. The van der Waals surface area contributed by atoms with E-state index in [0.29, 0.717) is 0 Å². The van der Waals surface area contributed by atoms with Gasteiger partial charge in [-0.15, -0.1) is 0 Å². The number of rotatable bonds is 1. The molecule has 0 bridgehead atoms. The van der Waals surface area contributed by atoms with Crippen LogP contribution in [-0.4, -0.2) is 23.4 Å². The summed E-state index contributed by atoms with van der Waals surface area (Å²) >= 11 is 0. The molecular formula is C14H15N3O5. The summed E-state index contributed by atoms with van der Waals surface area (Å²) in [6.45, 7) is 0. The molecule has 116 valence electrons. The van der Waals surface area contributed by atoms with Gasteiger partial charge in [0.05, 0.1) is 5.39 Å². The predicted octanol–water partition coefficient (Wildman–Crippen LogP) is -0.493. The van der Waals surface area contributed by atoms with E-state index in [0.717, 1.165) is 4.57 Å². The van der Waals surface area contributed by atoms with Gasteiger partial charge in [-0.2, -0.15) is 0 Å². The number of fused-ring (bicyclic) bond motifs is 1. The lowest BCUT2D eigenvalue weighted by atomic mass is 10.1. The van der Waals surface area contributed by atoms with Crippen molar-refractivity contribution in [3.63, 3.8) is 0 Å². The highest BCUT2D eigenvalue weighted by molar-refractivity contribution is 5.99. The SMILES string of the molecule is CN.O=C1CCC(n2c(=O)oc3ccccc3c2=O)C(=O)N1. The molecule has 0 spiro atoms. The molecule has 1 atom stereocenters. The second kappa shape index (κ2) is 6.35. The van der Waals surface area contributed by atoms with E-state index in [-0.39, 0.29) is 23.8 Å². The Labute approximate surface area is 124 Å². The fraction of sp³-hybridized carbons (Fsp3) is 0.286. The van der Waals surface area contributed by atoms with Crippen LogP contribution in [0.2, 0.25) is 0 Å². The normalized spacial score (nSPS) is 17.6. The van der Waals surface area contributed by atoms with Gasteiger partial charge in [0.1, 0.15) is 11.6 Å². The zero-order valence-corrected chi connectivity index (χ0v) is 11.9.